The molecule has 0 aliphatic rings. The Hall–Kier alpha value is -8.54. The molecule has 0 aliphatic heterocycles. The van der Waals surface area contributed by atoms with Crippen LogP contribution in [-0.2, 0) is 0 Å². The fourth-order valence-electron chi connectivity index (χ4n) is 9.04. The van der Waals surface area contributed by atoms with E-state index in [2.05, 4.69) is 237 Å². The van der Waals surface area contributed by atoms with Gasteiger partial charge in [0.25, 0.3) is 12.7 Å². The van der Waals surface area contributed by atoms with Crippen molar-refractivity contribution in [1.29, 1.82) is 0 Å². The highest BCUT2D eigenvalue weighted by Crippen LogP contribution is 2.34. The lowest BCUT2D eigenvalue weighted by Crippen LogP contribution is -2.30. The van der Waals surface area contributed by atoms with Crippen LogP contribution in [-0.4, -0.2) is 9.13 Å². The molecule has 0 unspecified atom stereocenters. The van der Waals surface area contributed by atoms with Gasteiger partial charge in [0.1, 0.15) is 11.5 Å². The van der Waals surface area contributed by atoms with Crippen LogP contribution >= 0.6 is 0 Å². The maximum absolute atomic E-state index is 6.74. The molecule has 5 heteroatoms. The first-order chi connectivity index (χ1) is 31.2. The molecule has 0 saturated heterocycles. The molecule has 10 aromatic carbocycles. The van der Waals surface area contributed by atoms with Crippen LogP contribution in [0.3, 0.4) is 0 Å². The number of imidazole rings is 2. The first-order valence-corrected chi connectivity index (χ1v) is 21.2. The summed E-state index contributed by atoms with van der Waals surface area (Å²) in [5.74, 6) is 1.44. The van der Waals surface area contributed by atoms with Crippen molar-refractivity contribution in [1.82, 2.24) is 9.13 Å². The topological polar surface area (TPSA) is 26.8 Å². The van der Waals surface area contributed by atoms with Crippen LogP contribution in [0.1, 0.15) is 0 Å². The lowest BCUT2D eigenvalue weighted by atomic mass is 10.0. The summed E-state index contributed by atoms with van der Waals surface area (Å²) in [5.41, 5.74) is 12.8. The van der Waals surface area contributed by atoms with E-state index in [0.29, 0.717) is 0 Å². The van der Waals surface area contributed by atoms with E-state index < -0.39 is 0 Å². The van der Waals surface area contributed by atoms with Crippen LogP contribution in [0, 0.1) is 12.7 Å². The molecule has 0 N–H and O–H groups in total. The summed E-state index contributed by atoms with van der Waals surface area (Å²) in [6.07, 6.45) is 7.55. The molecule has 0 atom stereocenters. The highest BCUT2D eigenvalue weighted by molar-refractivity contribution is 6.04. The quantitative estimate of drug-likeness (QED) is 0.111. The van der Waals surface area contributed by atoms with E-state index in [0.717, 1.165) is 89.3 Å². The van der Waals surface area contributed by atoms with Crippen LogP contribution in [0.25, 0.3) is 88.6 Å². The largest absolute Gasteiger partial charge is 0.458 e. The van der Waals surface area contributed by atoms with Gasteiger partial charge in [0.15, 0.2) is 0 Å². The molecule has 0 fully saturated rings. The fourth-order valence-corrected chi connectivity index (χ4v) is 9.04. The van der Waals surface area contributed by atoms with Crippen molar-refractivity contribution in [3.05, 3.63) is 243 Å². The van der Waals surface area contributed by atoms with Gasteiger partial charge >= 0.3 is 0 Å². The maximum atomic E-state index is 6.74. The van der Waals surface area contributed by atoms with Crippen LogP contribution in [0.2, 0.25) is 0 Å². The van der Waals surface area contributed by atoms with E-state index in [1.807, 2.05) is 24.3 Å². The maximum Gasteiger partial charge on any atom is 0.269 e. The average molecular weight is 807 g/mol. The number of fused-ring (bicyclic) bond motifs is 6. The zero-order valence-electron chi connectivity index (χ0n) is 34.1. The first kappa shape index (κ1) is 36.3. The molecule has 0 spiro atoms. The van der Waals surface area contributed by atoms with Crippen molar-refractivity contribution in [2.75, 3.05) is 0 Å². The van der Waals surface area contributed by atoms with Crippen molar-refractivity contribution < 1.29 is 13.9 Å². The number of hydrogen-bond acceptors (Lipinski definition) is 1. The Bertz CT molecular complexity index is 3420. The van der Waals surface area contributed by atoms with Crippen LogP contribution in [0.5, 0.6) is 11.5 Å². The second kappa shape index (κ2) is 15.2. The molecule has 0 aliphatic carbocycles. The normalized spacial score (nSPS) is 11.5. The fraction of sp³-hybridized carbons (Fsp3) is 0. The van der Waals surface area contributed by atoms with Gasteiger partial charge < -0.3 is 4.74 Å². The Morgan fingerprint density at radius 1 is 0.349 bits per heavy atom. The number of hydrogen-bond donors (Lipinski definition) is 0. The minimum atomic E-state index is 0.719. The van der Waals surface area contributed by atoms with Crippen molar-refractivity contribution >= 4 is 43.6 Å². The molecule has 2 heterocycles. The molecule has 296 valence electrons. The van der Waals surface area contributed by atoms with E-state index in [1.54, 1.807) is 0 Å². The van der Waals surface area contributed by atoms with E-state index in [-0.39, 0.29) is 0 Å². The first-order valence-electron chi connectivity index (χ1n) is 21.2. The molecule has 0 saturated carbocycles. The summed E-state index contributed by atoms with van der Waals surface area (Å²) in [4.78, 5) is 0. The summed E-state index contributed by atoms with van der Waals surface area (Å²) in [6.45, 7) is 0. The number of para-hydroxylation sites is 2. The van der Waals surface area contributed by atoms with E-state index >= 15 is 0 Å². The molecule has 12 aromatic rings. The number of aromatic nitrogens is 4. The summed E-state index contributed by atoms with van der Waals surface area (Å²) >= 11 is 0. The van der Waals surface area contributed by atoms with Crippen LogP contribution in [0.15, 0.2) is 231 Å². The summed E-state index contributed by atoms with van der Waals surface area (Å²) in [7, 11) is 0. The standard InChI is InChI=1S/C58H38N4O/c1-3-17-41(18-4-1)49-27-11-13-31-53(49)61-39-59(55-35-33-43-21-7-9-29-51(43)57(55)61)45-23-15-25-47(37-45)63-48-26-16-24-46(38-48)60-40-62(58-52-30-10-8-22-44(52)34-36-56(58)60)54-32-14-12-28-50(54)42-19-5-2-6-20-42/h1-38H. The van der Waals surface area contributed by atoms with E-state index in [4.69, 9.17) is 4.74 Å². The van der Waals surface area contributed by atoms with Gasteiger partial charge in [0.2, 0.25) is 0 Å². The van der Waals surface area contributed by atoms with Crippen LogP contribution < -0.4 is 13.9 Å². The molecule has 0 radical (unpaired) electrons. The Kier molecular flexibility index (Phi) is 8.75. The smallest absolute Gasteiger partial charge is 0.269 e. The number of ether oxygens (including phenoxy) is 1. The minimum Gasteiger partial charge on any atom is -0.458 e. The average Bonchev–Trinajstić information content (AvgIpc) is 3.95. The van der Waals surface area contributed by atoms with Crippen molar-refractivity contribution in [2.45, 2.75) is 0 Å². The Morgan fingerprint density at radius 3 is 1.24 bits per heavy atom. The van der Waals surface area contributed by atoms with Gasteiger partial charge in [-0.25, -0.2) is 0 Å². The minimum absolute atomic E-state index is 0.719. The molecule has 0 bridgehead atoms. The van der Waals surface area contributed by atoms with E-state index in [1.165, 1.54) is 10.8 Å². The lowest BCUT2D eigenvalue weighted by Gasteiger charge is -2.12. The summed E-state index contributed by atoms with van der Waals surface area (Å²) < 4.78 is 15.4. The van der Waals surface area contributed by atoms with Gasteiger partial charge in [0.05, 0.1) is 44.8 Å². The molecular formula is C58H38N4O. The molecule has 0 amide bonds. The SMILES string of the molecule is [c-]1n(-c2cccc(Oc3cccc(-n4[c-][n+](-c5ccccc5-c5ccccc5)c5c6ccccc6ccc54)c3)c2)c2ccc3ccccc3c2[n+]1-c1ccccc1-c1ccccc1. The van der Waals surface area contributed by atoms with E-state index in [9.17, 15) is 0 Å². The molecule has 5 nitrogen and oxygen atoms in total. The van der Waals surface area contributed by atoms with Gasteiger partial charge in [0, 0.05) is 0 Å². The highest BCUT2D eigenvalue weighted by atomic mass is 16.5. The Morgan fingerprint density at radius 2 is 0.762 bits per heavy atom. The van der Waals surface area contributed by atoms with Crippen molar-refractivity contribution in [3.63, 3.8) is 0 Å². The molecule has 12 rings (SSSR count). The third-order valence-corrected chi connectivity index (χ3v) is 11.9. The number of benzene rings is 10. The number of nitrogens with zero attached hydrogens (tertiary/aromatic N) is 4. The van der Waals surface area contributed by atoms with Gasteiger partial charge in [-0.1, -0.05) is 182 Å². The Labute approximate surface area is 364 Å². The molecular weight excluding hydrogens is 769 g/mol. The number of rotatable bonds is 8. The third kappa shape index (κ3) is 6.34. The second-order valence-corrected chi connectivity index (χ2v) is 15.7. The zero-order chi connectivity index (χ0) is 41.7. The zero-order valence-corrected chi connectivity index (χ0v) is 34.1. The Balaban J connectivity index is 0.958. The lowest BCUT2D eigenvalue weighted by molar-refractivity contribution is -0.571. The molecule has 63 heavy (non-hydrogen) atoms. The monoisotopic (exact) mass is 806 g/mol. The van der Waals surface area contributed by atoms with Crippen molar-refractivity contribution in [2.24, 2.45) is 0 Å². The second-order valence-electron chi connectivity index (χ2n) is 15.7. The third-order valence-electron chi connectivity index (χ3n) is 11.9. The van der Waals surface area contributed by atoms with Gasteiger partial charge in [-0.3, -0.25) is 18.3 Å². The van der Waals surface area contributed by atoms with Gasteiger partial charge in [-0.15, -0.1) is 0 Å². The molecule has 2 aromatic heterocycles. The predicted molar refractivity (Wildman–Crippen MR) is 253 cm³/mol. The highest BCUT2D eigenvalue weighted by Gasteiger charge is 2.20. The van der Waals surface area contributed by atoms with Gasteiger partial charge in [-0.2, -0.15) is 0 Å². The van der Waals surface area contributed by atoms with Crippen molar-refractivity contribution in [3.8, 4) is 56.5 Å². The summed E-state index contributed by atoms with van der Waals surface area (Å²) in [6, 6.07) is 80.6. The predicted octanol–water partition coefficient (Wildman–Crippen LogP) is 13.2. The van der Waals surface area contributed by atoms with Gasteiger partial charge in [-0.05, 0) is 92.3 Å². The summed E-state index contributed by atoms with van der Waals surface area (Å²) in [5, 5.41) is 4.66. The van der Waals surface area contributed by atoms with Crippen LogP contribution in [0.4, 0.5) is 0 Å².